The van der Waals surface area contributed by atoms with Gasteiger partial charge in [-0.2, -0.15) is 0 Å². The Morgan fingerprint density at radius 1 is 0.821 bits per heavy atom. The Hall–Kier alpha value is -2.17. The number of benzene rings is 3. The summed E-state index contributed by atoms with van der Waals surface area (Å²) in [7, 11) is 1.66. The molecule has 0 N–H and O–H groups in total. The molecule has 0 saturated heterocycles. The maximum atomic E-state index is 12.8. The quantitative estimate of drug-likeness (QED) is 0.399. The van der Waals surface area contributed by atoms with Gasteiger partial charge in [0.1, 0.15) is 5.75 Å². The first-order valence-electron chi connectivity index (χ1n) is 9.18. The van der Waals surface area contributed by atoms with Gasteiger partial charge >= 0.3 is 0 Å². The number of thioether (sulfide) groups is 2. The minimum atomic E-state index is 0.0547. The normalized spacial score (nSPS) is 11.8. The Morgan fingerprint density at radius 3 is 1.89 bits per heavy atom. The molecule has 0 aliphatic rings. The van der Waals surface area contributed by atoms with Crippen LogP contribution in [0.4, 0.5) is 0 Å². The summed E-state index contributed by atoms with van der Waals surface area (Å²) in [5, 5.41) is 0.225. The van der Waals surface area contributed by atoms with Gasteiger partial charge < -0.3 is 4.74 Å². The Labute approximate surface area is 175 Å². The van der Waals surface area contributed by atoms with Crippen molar-refractivity contribution in [2.75, 3.05) is 7.11 Å². The van der Waals surface area contributed by atoms with E-state index in [4.69, 9.17) is 4.74 Å². The first-order chi connectivity index (χ1) is 13.5. The summed E-state index contributed by atoms with van der Waals surface area (Å²) in [6, 6.07) is 24.6. The third-order valence-electron chi connectivity index (χ3n) is 4.39. The van der Waals surface area contributed by atoms with Crippen LogP contribution in [0.25, 0.3) is 0 Å². The fourth-order valence-electron chi connectivity index (χ4n) is 2.76. The number of ether oxygens (including phenoxy) is 1. The van der Waals surface area contributed by atoms with Crippen molar-refractivity contribution in [1.82, 2.24) is 0 Å². The third kappa shape index (κ3) is 5.91. The molecule has 144 valence electrons. The van der Waals surface area contributed by atoms with Crippen molar-refractivity contribution in [3.05, 3.63) is 89.5 Å². The highest BCUT2D eigenvalue weighted by molar-refractivity contribution is 8.13. The zero-order valence-corrected chi connectivity index (χ0v) is 18.0. The first kappa shape index (κ1) is 20.6. The molecular weight excluding hydrogens is 384 g/mol. The monoisotopic (exact) mass is 408 g/mol. The SMILES string of the molecule is COc1ccc(C(CC(=O)Sc2ccc(C)cc2)Sc2ccc(C)cc2)cc1. The van der Waals surface area contributed by atoms with Crippen LogP contribution in [-0.4, -0.2) is 12.2 Å². The molecule has 1 atom stereocenters. The van der Waals surface area contributed by atoms with Crippen molar-refractivity contribution in [2.45, 2.75) is 35.3 Å². The van der Waals surface area contributed by atoms with Gasteiger partial charge in [-0.25, -0.2) is 0 Å². The number of carbonyl (C=O) groups is 1. The fourth-order valence-corrected chi connectivity index (χ4v) is 4.80. The van der Waals surface area contributed by atoms with Gasteiger partial charge in [-0.3, -0.25) is 4.79 Å². The minimum Gasteiger partial charge on any atom is -0.497 e. The molecule has 0 radical (unpaired) electrons. The van der Waals surface area contributed by atoms with E-state index < -0.39 is 0 Å². The molecule has 0 aromatic heterocycles. The predicted octanol–water partition coefficient (Wildman–Crippen LogP) is 6.85. The van der Waals surface area contributed by atoms with Gasteiger partial charge in [0.25, 0.3) is 0 Å². The summed E-state index contributed by atoms with van der Waals surface area (Å²) >= 11 is 3.05. The van der Waals surface area contributed by atoms with Crippen LogP contribution in [0, 0.1) is 13.8 Å². The lowest BCUT2D eigenvalue weighted by atomic mass is 10.1. The van der Waals surface area contributed by atoms with E-state index in [9.17, 15) is 4.79 Å². The van der Waals surface area contributed by atoms with Crippen molar-refractivity contribution < 1.29 is 9.53 Å². The maximum absolute atomic E-state index is 12.8. The molecule has 4 heteroatoms. The second-order valence-electron chi connectivity index (χ2n) is 6.68. The second kappa shape index (κ2) is 9.85. The summed E-state index contributed by atoms with van der Waals surface area (Å²) in [5.41, 5.74) is 3.56. The van der Waals surface area contributed by atoms with Crippen molar-refractivity contribution in [3.63, 3.8) is 0 Å². The smallest absolute Gasteiger partial charge is 0.195 e. The zero-order valence-electron chi connectivity index (χ0n) is 16.3. The molecule has 0 bridgehead atoms. The molecule has 3 aromatic rings. The van der Waals surface area contributed by atoms with Crippen LogP contribution in [0.1, 0.15) is 28.4 Å². The van der Waals surface area contributed by atoms with Crippen LogP contribution < -0.4 is 4.74 Å². The van der Waals surface area contributed by atoms with Crippen LogP contribution in [0.3, 0.4) is 0 Å². The summed E-state index contributed by atoms with van der Waals surface area (Å²) in [5.74, 6) is 0.822. The van der Waals surface area contributed by atoms with E-state index in [2.05, 4.69) is 43.3 Å². The van der Waals surface area contributed by atoms with E-state index >= 15 is 0 Å². The van der Waals surface area contributed by atoms with Crippen molar-refractivity contribution in [3.8, 4) is 5.75 Å². The summed E-state index contributed by atoms with van der Waals surface area (Å²) in [6.45, 7) is 4.13. The first-order valence-corrected chi connectivity index (χ1v) is 10.9. The molecule has 1 unspecified atom stereocenters. The Balaban J connectivity index is 1.76. The van der Waals surface area contributed by atoms with Crippen molar-refractivity contribution >= 4 is 28.6 Å². The number of hydrogen-bond acceptors (Lipinski definition) is 4. The lowest BCUT2D eigenvalue weighted by Gasteiger charge is -2.17. The van der Waals surface area contributed by atoms with Gasteiger partial charge in [-0.05, 0) is 55.8 Å². The Bertz CT molecular complexity index is 901. The van der Waals surface area contributed by atoms with Crippen LogP contribution in [0.2, 0.25) is 0 Å². The Kier molecular flexibility index (Phi) is 7.24. The van der Waals surface area contributed by atoms with Gasteiger partial charge in [0.05, 0.1) is 7.11 Å². The van der Waals surface area contributed by atoms with Gasteiger partial charge in [-0.1, -0.05) is 59.3 Å². The average Bonchev–Trinajstić information content (AvgIpc) is 2.71. The van der Waals surface area contributed by atoms with Crippen LogP contribution >= 0.6 is 23.5 Å². The topological polar surface area (TPSA) is 26.3 Å². The molecule has 0 aliphatic carbocycles. The third-order valence-corrected chi connectivity index (χ3v) is 6.56. The highest BCUT2D eigenvalue weighted by Crippen LogP contribution is 2.40. The van der Waals surface area contributed by atoms with Crippen LogP contribution in [-0.2, 0) is 4.79 Å². The number of hydrogen-bond donors (Lipinski definition) is 0. The van der Waals surface area contributed by atoms with E-state index in [1.807, 2.05) is 43.3 Å². The number of carbonyl (C=O) groups excluding carboxylic acids is 1. The Morgan fingerprint density at radius 2 is 1.36 bits per heavy atom. The number of rotatable bonds is 7. The van der Waals surface area contributed by atoms with Gasteiger partial charge in [-0.15, -0.1) is 11.8 Å². The van der Waals surface area contributed by atoms with E-state index in [-0.39, 0.29) is 10.4 Å². The average molecular weight is 409 g/mol. The molecule has 3 aromatic carbocycles. The highest BCUT2D eigenvalue weighted by atomic mass is 32.2. The molecular formula is C24H24O2S2. The molecule has 0 fully saturated rings. The van der Waals surface area contributed by atoms with E-state index in [0.717, 1.165) is 16.2 Å². The molecule has 28 heavy (non-hydrogen) atoms. The minimum absolute atomic E-state index is 0.0547. The predicted molar refractivity (Wildman–Crippen MR) is 119 cm³/mol. The summed E-state index contributed by atoms with van der Waals surface area (Å²) in [6.07, 6.45) is 0.462. The van der Waals surface area contributed by atoms with Gasteiger partial charge in [0, 0.05) is 21.5 Å². The largest absolute Gasteiger partial charge is 0.497 e. The molecule has 0 aliphatic heterocycles. The highest BCUT2D eigenvalue weighted by Gasteiger charge is 2.19. The standard InChI is InChI=1S/C24H24O2S2/c1-17-4-12-21(13-5-17)27-23(19-8-10-20(26-3)11-9-19)16-24(25)28-22-14-6-18(2)7-15-22/h4-15,23H,16H2,1-3H3. The van der Waals surface area contributed by atoms with Crippen molar-refractivity contribution in [2.24, 2.45) is 0 Å². The molecule has 0 heterocycles. The van der Waals surface area contributed by atoms with E-state index in [1.165, 1.54) is 27.8 Å². The van der Waals surface area contributed by atoms with Gasteiger partial charge in [0.15, 0.2) is 5.12 Å². The fraction of sp³-hybridized carbons (Fsp3) is 0.208. The molecule has 0 amide bonds. The lowest BCUT2D eigenvalue weighted by molar-refractivity contribution is -0.111. The van der Waals surface area contributed by atoms with E-state index in [0.29, 0.717) is 6.42 Å². The van der Waals surface area contributed by atoms with Crippen molar-refractivity contribution in [1.29, 1.82) is 0 Å². The molecule has 0 spiro atoms. The van der Waals surface area contributed by atoms with Gasteiger partial charge in [0.2, 0.25) is 0 Å². The van der Waals surface area contributed by atoms with Crippen LogP contribution in [0.15, 0.2) is 82.6 Å². The lowest BCUT2D eigenvalue weighted by Crippen LogP contribution is -2.02. The summed E-state index contributed by atoms with van der Waals surface area (Å²) in [4.78, 5) is 14.9. The maximum Gasteiger partial charge on any atom is 0.195 e. The summed E-state index contributed by atoms with van der Waals surface area (Å²) < 4.78 is 5.27. The van der Waals surface area contributed by atoms with Crippen LogP contribution in [0.5, 0.6) is 5.75 Å². The zero-order chi connectivity index (χ0) is 19.9. The second-order valence-corrected chi connectivity index (χ2v) is 9.09. The van der Waals surface area contributed by atoms with E-state index in [1.54, 1.807) is 18.9 Å². The molecule has 0 saturated carbocycles. The molecule has 3 rings (SSSR count). The molecule has 2 nitrogen and oxygen atoms in total. The number of methoxy groups -OCH3 is 1. The number of aryl methyl sites for hydroxylation is 2.